The molecule has 0 saturated heterocycles. The van der Waals surface area contributed by atoms with Crippen molar-refractivity contribution >= 4 is 15.9 Å². The van der Waals surface area contributed by atoms with Gasteiger partial charge in [-0.3, -0.25) is 0 Å². The van der Waals surface area contributed by atoms with E-state index in [2.05, 4.69) is 15.9 Å². The van der Waals surface area contributed by atoms with Gasteiger partial charge in [0, 0.05) is 12.0 Å². The van der Waals surface area contributed by atoms with E-state index in [-0.39, 0.29) is 6.10 Å². The number of aliphatic hydroxyl groups is 1. The number of halogens is 1. The van der Waals surface area contributed by atoms with Crippen LogP contribution in [0.3, 0.4) is 0 Å². The van der Waals surface area contributed by atoms with E-state index in [1.807, 2.05) is 19.1 Å². The first-order chi connectivity index (χ1) is 6.18. The molecule has 0 radical (unpaired) electrons. The SMILES string of the molecule is Cc1cc(Br)c2c(c1)C(O)CCO2. The summed E-state index contributed by atoms with van der Waals surface area (Å²) in [5.41, 5.74) is 2.04. The Bertz CT molecular complexity index is 336. The average molecular weight is 243 g/mol. The highest BCUT2D eigenvalue weighted by Gasteiger charge is 2.21. The Balaban J connectivity index is 2.56. The van der Waals surface area contributed by atoms with Crippen molar-refractivity contribution in [2.45, 2.75) is 19.4 Å². The van der Waals surface area contributed by atoms with E-state index >= 15 is 0 Å². The van der Waals surface area contributed by atoms with Gasteiger partial charge in [0.25, 0.3) is 0 Å². The lowest BCUT2D eigenvalue weighted by atomic mass is 10.0. The molecule has 0 fully saturated rings. The van der Waals surface area contributed by atoms with E-state index in [4.69, 9.17) is 4.74 Å². The van der Waals surface area contributed by atoms with Crippen molar-refractivity contribution < 1.29 is 9.84 Å². The number of aliphatic hydroxyl groups excluding tert-OH is 1. The van der Waals surface area contributed by atoms with Crippen molar-refractivity contribution in [1.29, 1.82) is 0 Å². The predicted octanol–water partition coefficient (Wildman–Crippen LogP) is 2.57. The Morgan fingerprint density at radius 2 is 2.31 bits per heavy atom. The van der Waals surface area contributed by atoms with Gasteiger partial charge < -0.3 is 9.84 Å². The number of aryl methyl sites for hydroxylation is 1. The second-order valence-electron chi connectivity index (χ2n) is 3.32. The molecule has 0 aromatic heterocycles. The molecule has 2 rings (SSSR count). The average Bonchev–Trinajstić information content (AvgIpc) is 2.07. The Morgan fingerprint density at radius 3 is 3.08 bits per heavy atom. The van der Waals surface area contributed by atoms with Crippen LogP contribution in [-0.2, 0) is 0 Å². The molecule has 0 spiro atoms. The largest absolute Gasteiger partial charge is 0.492 e. The van der Waals surface area contributed by atoms with Crippen molar-refractivity contribution in [3.05, 3.63) is 27.7 Å². The summed E-state index contributed by atoms with van der Waals surface area (Å²) in [7, 11) is 0. The molecule has 1 unspecified atom stereocenters. The number of benzene rings is 1. The third-order valence-electron chi connectivity index (χ3n) is 2.21. The maximum Gasteiger partial charge on any atom is 0.139 e. The minimum atomic E-state index is -0.375. The van der Waals surface area contributed by atoms with Gasteiger partial charge in [0.15, 0.2) is 0 Å². The molecule has 1 N–H and O–H groups in total. The number of fused-ring (bicyclic) bond motifs is 1. The molecular formula is C10H11BrO2. The van der Waals surface area contributed by atoms with Gasteiger partial charge >= 0.3 is 0 Å². The minimum Gasteiger partial charge on any atom is -0.492 e. The molecule has 13 heavy (non-hydrogen) atoms. The van der Waals surface area contributed by atoms with E-state index in [1.165, 1.54) is 0 Å². The van der Waals surface area contributed by atoms with Crippen LogP contribution in [0.1, 0.15) is 23.7 Å². The standard InChI is InChI=1S/C10H11BrO2/c1-6-4-7-9(12)2-3-13-10(7)8(11)5-6/h4-5,9,12H,2-3H2,1H3. The molecule has 0 saturated carbocycles. The Hall–Kier alpha value is -0.540. The Labute approximate surface area is 85.7 Å². The molecule has 1 aromatic rings. The van der Waals surface area contributed by atoms with Gasteiger partial charge in [0.1, 0.15) is 5.75 Å². The van der Waals surface area contributed by atoms with Crippen molar-refractivity contribution in [2.24, 2.45) is 0 Å². The number of hydrogen-bond acceptors (Lipinski definition) is 2. The summed E-state index contributed by atoms with van der Waals surface area (Å²) in [4.78, 5) is 0. The molecule has 1 heterocycles. The first kappa shape index (κ1) is 9.03. The fourth-order valence-electron chi connectivity index (χ4n) is 1.58. The lowest BCUT2D eigenvalue weighted by Gasteiger charge is -2.23. The van der Waals surface area contributed by atoms with Gasteiger partial charge in [-0.1, -0.05) is 0 Å². The smallest absolute Gasteiger partial charge is 0.139 e. The van der Waals surface area contributed by atoms with Gasteiger partial charge in [-0.05, 0) is 40.5 Å². The summed E-state index contributed by atoms with van der Waals surface area (Å²) in [6.07, 6.45) is 0.308. The summed E-state index contributed by atoms with van der Waals surface area (Å²) in [5.74, 6) is 0.796. The second-order valence-corrected chi connectivity index (χ2v) is 4.17. The first-order valence-corrected chi connectivity index (χ1v) is 5.08. The quantitative estimate of drug-likeness (QED) is 0.758. The van der Waals surface area contributed by atoms with Gasteiger partial charge in [-0.25, -0.2) is 0 Å². The molecule has 1 aromatic carbocycles. The molecule has 3 heteroatoms. The number of hydrogen-bond donors (Lipinski definition) is 1. The van der Waals surface area contributed by atoms with E-state index in [0.29, 0.717) is 13.0 Å². The molecule has 70 valence electrons. The van der Waals surface area contributed by atoms with Gasteiger partial charge in [0.2, 0.25) is 0 Å². The maximum atomic E-state index is 9.71. The zero-order valence-corrected chi connectivity index (χ0v) is 8.97. The molecular weight excluding hydrogens is 232 g/mol. The molecule has 2 nitrogen and oxygen atoms in total. The van der Waals surface area contributed by atoms with Crippen LogP contribution in [0.5, 0.6) is 5.75 Å². The molecule has 1 aliphatic heterocycles. The highest BCUT2D eigenvalue weighted by atomic mass is 79.9. The highest BCUT2D eigenvalue weighted by molar-refractivity contribution is 9.10. The first-order valence-electron chi connectivity index (χ1n) is 4.29. The summed E-state index contributed by atoms with van der Waals surface area (Å²) < 4.78 is 6.40. The van der Waals surface area contributed by atoms with Crippen LogP contribution in [0.15, 0.2) is 16.6 Å². The van der Waals surface area contributed by atoms with Crippen LogP contribution in [0.2, 0.25) is 0 Å². The molecule has 0 amide bonds. The van der Waals surface area contributed by atoms with Gasteiger partial charge in [-0.2, -0.15) is 0 Å². The zero-order valence-electron chi connectivity index (χ0n) is 7.38. The minimum absolute atomic E-state index is 0.375. The van der Waals surface area contributed by atoms with Crippen molar-refractivity contribution in [1.82, 2.24) is 0 Å². The van der Waals surface area contributed by atoms with Crippen molar-refractivity contribution in [2.75, 3.05) is 6.61 Å². The van der Waals surface area contributed by atoms with Crippen molar-refractivity contribution in [3.8, 4) is 5.75 Å². The topological polar surface area (TPSA) is 29.5 Å². The normalized spacial score (nSPS) is 20.7. The summed E-state index contributed by atoms with van der Waals surface area (Å²) in [6, 6.07) is 3.97. The van der Waals surface area contributed by atoms with Gasteiger partial charge in [0.05, 0.1) is 17.2 Å². The van der Waals surface area contributed by atoms with Crippen LogP contribution < -0.4 is 4.74 Å². The Morgan fingerprint density at radius 1 is 1.54 bits per heavy atom. The number of ether oxygens (including phenoxy) is 1. The molecule has 0 aliphatic carbocycles. The van der Waals surface area contributed by atoms with E-state index in [1.54, 1.807) is 0 Å². The zero-order chi connectivity index (χ0) is 9.42. The van der Waals surface area contributed by atoms with E-state index in [9.17, 15) is 5.11 Å². The van der Waals surface area contributed by atoms with Crippen LogP contribution in [0.4, 0.5) is 0 Å². The number of rotatable bonds is 0. The fourth-order valence-corrected chi connectivity index (χ4v) is 2.29. The lowest BCUT2D eigenvalue weighted by Crippen LogP contribution is -2.14. The third kappa shape index (κ3) is 1.58. The molecule has 1 aliphatic rings. The van der Waals surface area contributed by atoms with Crippen molar-refractivity contribution in [3.63, 3.8) is 0 Å². The molecule has 0 bridgehead atoms. The van der Waals surface area contributed by atoms with Crippen LogP contribution in [0, 0.1) is 6.92 Å². The van der Waals surface area contributed by atoms with Crippen LogP contribution in [0.25, 0.3) is 0 Å². The summed E-state index contributed by atoms with van der Waals surface area (Å²) in [6.45, 7) is 2.60. The van der Waals surface area contributed by atoms with Crippen LogP contribution in [-0.4, -0.2) is 11.7 Å². The highest BCUT2D eigenvalue weighted by Crippen LogP contribution is 2.38. The monoisotopic (exact) mass is 242 g/mol. The van der Waals surface area contributed by atoms with E-state index in [0.717, 1.165) is 21.3 Å². The maximum absolute atomic E-state index is 9.71. The lowest BCUT2D eigenvalue weighted by molar-refractivity contribution is 0.114. The summed E-state index contributed by atoms with van der Waals surface area (Å²) in [5, 5.41) is 9.71. The van der Waals surface area contributed by atoms with Crippen LogP contribution >= 0.6 is 15.9 Å². The Kier molecular flexibility index (Phi) is 2.30. The fraction of sp³-hybridized carbons (Fsp3) is 0.400. The summed E-state index contributed by atoms with van der Waals surface area (Å²) >= 11 is 3.42. The second kappa shape index (κ2) is 3.31. The molecule has 1 atom stereocenters. The predicted molar refractivity (Wildman–Crippen MR) is 54.0 cm³/mol. The van der Waals surface area contributed by atoms with E-state index < -0.39 is 0 Å². The van der Waals surface area contributed by atoms with Gasteiger partial charge in [-0.15, -0.1) is 0 Å². The third-order valence-corrected chi connectivity index (χ3v) is 2.80.